The molecule has 0 aliphatic carbocycles. The number of likely N-dealkylation sites (N-methyl/N-ethyl adjacent to an activating group) is 1. The van der Waals surface area contributed by atoms with Gasteiger partial charge in [-0.25, -0.2) is 17.5 Å². The van der Waals surface area contributed by atoms with Gasteiger partial charge in [-0.3, -0.25) is 0 Å². The van der Waals surface area contributed by atoms with Crippen LogP contribution in [0.4, 0.5) is 10.1 Å². The summed E-state index contributed by atoms with van der Waals surface area (Å²) in [6, 6.07) is 3.48. The first-order valence-electron chi connectivity index (χ1n) is 6.36. The lowest BCUT2D eigenvalue weighted by Gasteiger charge is -2.25. The molecular formula is C13H22FN3O2S. The molecule has 0 fully saturated rings. The van der Waals surface area contributed by atoms with Crippen molar-refractivity contribution in [3.05, 3.63) is 24.0 Å². The van der Waals surface area contributed by atoms with E-state index < -0.39 is 15.8 Å². The van der Waals surface area contributed by atoms with Crippen LogP contribution in [-0.4, -0.2) is 40.0 Å². The standard InChI is InChI=1S/C13H22FN3O2S/c1-9(2)11(8-17(3)4)16-20(18,19)12-7-5-6-10(14)13(12)15/h5-7,9,11,16H,8,15H2,1-4H3. The summed E-state index contributed by atoms with van der Waals surface area (Å²) in [7, 11) is -0.122. The fourth-order valence-electron chi connectivity index (χ4n) is 1.79. The van der Waals surface area contributed by atoms with Gasteiger partial charge in [0.2, 0.25) is 10.0 Å². The van der Waals surface area contributed by atoms with Crippen LogP contribution in [0.15, 0.2) is 23.1 Å². The Morgan fingerprint density at radius 1 is 1.35 bits per heavy atom. The smallest absolute Gasteiger partial charge is 0.243 e. The van der Waals surface area contributed by atoms with Gasteiger partial charge >= 0.3 is 0 Å². The van der Waals surface area contributed by atoms with E-state index in [1.807, 2.05) is 32.8 Å². The second-order valence-electron chi connectivity index (χ2n) is 5.39. The zero-order valence-corrected chi connectivity index (χ0v) is 13.0. The number of halogens is 1. The van der Waals surface area contributed by atoms with Gasteiger partial charge in [0.1, 0.15) is 10.7 Å². The number of nitrogens with one attached hydrogen (secondary N) is 1. The molecule has 5 nitrogen and oxygen atoms in total. The van der Waals surface area contributed by atoms with E-state index in [4.69, 9.17) is 5.73 Å². The molecule has 0 bridgehead atoms. The molecule has 1 aromatic rings. The van der Waals surface area contributed by atoms with Crippen LogP contribution >= 0.6 is 0 Å². The van der Waals surface area contributed by atoms with Gasteiger partial charge in [0.05, 0.1) is 5.69 Å². The van der Waals surface area contributed by atoms with Crippen molar-refractivity contribution in [2.75, 3.05) is 26.4 Å². The largest absolute Gasteiger partial charge is 0.395 e. The average Bonchev–Trinajstić information content (AvgIpc) is 2.30. The second-order valence-corrected chi connectivity index (χ2v) is 7.07. The third-order valence-corrected chi connectivity index (χ3v) is 4.52. The first-order chi connectivity index (χ1) is 9.15. The first-order valence-corrected chi connectivity index (χ1v) is 7.84. The van der Waals surface area contributed by atoms with Crippen LogP contribution in [0.25, 0.3) is 0 Å². The summed E-state index contributed by atoms with van der Waals surface area (Å²) in [5.41, 5.74) is 5.16. The lowest BCUT2D eigenvalue weighted by atomic mass is 10.1. The van der Waals surface area contributed by atoms with Crippen molar-refractivity contribution in [1.82, 2.24) is 9.62 Å². The summed E-state index contributed by atoms with van der Waals surface area (Å²) in [5.74, 6) is -0.636. The summed E-state index contributed by atoms with van der Waals surface area (Å²) < 4.78 is 40.6. The molecular weight excluding hydrogens is 281 g/mol. The Bertz CT molecular complexity index is 559. The van der Waals surface area contributed by atoms with E-state index in [1.54, 1.807) is 0 Å². The number of anilines is 1. The summed E-state index contributed by atoms with van der Waals surface area (Å²) >= 11 is 0. The van der Waals surface area contributed by atoms with Gasteiger partial charge in [0, 0.05) is 12.6 Å². The van der Waals surface area contributed by atoms with Crippen molar-refractivity contribution in [3.8, 4) is 0 Å². The molecule has 0 saturated heterocycles. The van der Waals surface area contributed by atoms with E-state index in [0.29, 0.717) is 6.54 Å². The summed E-state index contributed by atoms with van der Waals surface area (Å²) in [5, 5.41) is 0. The Morgan fingerprint density at radius 3 is 2.45 bits per heavy atom. The molecule has 0 saturated carbocycles. The number of benzene rings is 1. The molecule has 1 unspecified atom stereocenters. The summed E-state index contributed by atoms with van der Waals surface area (Å²) in [6.45, 7) is 4.39. The maximum atomic E-state index is 13.4. The van der Waals surface area contributed by atoms with Crippen molar-refractivity contribution in [1.29, 1.82) is 0 Å². The molecule has 7 heteroatoms. The normalized spacial score (nSPS) is 13.9. The third-order valence-electron chi connectivity index (χ3n) is 2.98. The van der Waals surface area contributed by atoms with Crippen molar-refractivity contribution in [3.63, 3.8) is 0 Å². The Balaban J connectivity index is 3.07. The monoisotopic (exact) mass is 303 g/mol. The fraction of sp³-hybridized carbons (Fsp3) is 0.538. The maximum absolute atomic E-state index is 13.4. The van der Waals surface area contributed by atoms with E-state index >= 15 is 0 Å². The molecule has 1 aromatic carbocycles. The van der Waals surface area contributed by atoms with Gasteiger partial charge in [-0.1, -0.05) is 19.9 Å². The minimum atomic E-state index is -3.84. The quantitative estimate of drug-likeness (QED) is 0.776. The number of para-hydroxylation sites is 1. The molecule has 0 radical (unpaired) electrons. The second kappa shape index (κ2) is 6.51. The van der Waals surface area contributed by atoms with Crippen molar-refractivity contribution in [2.24, 2.45) is 5.92 Å². The Hall–Kier alpha value is -1.18. The predicted molar refractivity (Wildman–Crippen MR) is 78.3 cm³/mol. The van der Waals surface area contributed by atoms with Crippen LogP contribution in [0.3, 0.4) is 0 Å². The van der Waals surface area contributed by atoms with Crippen molar-refractivity contribution in [2.45, 2.75) is 24.8 Å². The lowest BCUT2D eigenvalue weighted by molar-refractivity contribution is 0.314. The van der Waals surface area contributed by atoms with Gasteiger partial charge in [0.25, 0.3) is 0 Å². The fourth-order valence-corrected chi connectivity index (χ4v) is 3.31. The Labute approximate surface area is 120 Å². The minimum absolute atomic E-state index is 0.0990. The highest BCUT2D eigenvalue weighted by atomic mass is 32.2. The van der Waals surface area contributed by atoms with Crippen molar-refractivity contribution < 1.29 is 12.8 Å². The molecule has 0 spiro atoms. The number of hydrogen-bond acceptors (Lipinski definition) is 4. The molecule has 1 rings (SSSR count). The van der Waals surface area contributed by atoms with E-state index in [-0.39, 0.29) is 22.5 Å². The van der Waals surface area contributed by atoms with Crippen LogP contribution in [0.5, 0.6) is 0 Å². The molecule has 0 amide bonds. The van der Waals surface area contributed by atoms with E-state index in [0.717, 1.165) is 6.07 Å². The highest BCUT2D eigenvalue weighted by molar-refractivity contribution is 7.89. The number of nitrogens with two attached hydrogens (primary N) is 1. The molecule has 0 heterocycles. The summed E-state index contributed by atoms with van der Waals surface area (Å²) in [6.07, 6.45) is 0. The van der Waals surface area contributed by atoms with Gasteiger partial charge in [0.15, 0.2) is 0 Å². The van der Waals surface area contributed by atoms with Gasteiger partial charge in [-0.15, -0.1) is 0 Å². The van der Waals surface area contributed by atoms with Crippen LogP contribution in [-0.2, 0) is 10.0 Å². The molecule has 1 atom stereocenters. The van der Waals surface area contributed by atoms with E-state index in [9.17, 15) is 12.8 Å². The zero-order valence-electron chi connectivity index (χ0n) is 12.2. The van der Waals surface area contributed by atoms with Crippen LogP contribution in [0.2, 0.25) is 0 Å². The lowest BCUT2D eigenvalue weighted by Crippen LogP contribution is -2.45. The number of sulfonamides is 1. The Morgan fingerprint density at radius 2 is 1.95 bits per heavy atom. The van der Waals surface area contributed by atoms with Gasteiger partial charge < -0.3 is 10.6 Å². The SMILES string of the molecule is CC(C)C(CN(C)C)NS(=O)(=O)c1cccc(F)c1N. The van der Waals surface area contributed by atoms with Crippen LogP contribution in [0, 0.1) is 11.7 Å². The topological polar surface area (TPSA) is 75.4 Å². The molecule has 114 valence electrons. The highest BCUT2D eigenvalue weighted by Gasteiger charge is 2.25. The third kappa shape index (κ3) is 4.16. The maximum Gasteiger partial charge on any atom is 0.243 e. The highest BCUT2D eigenvalue weighted by Crippen LogP contribution is 2.21. The van der Waals surface area contributed by atoms with Gasteiger partial charge in [-0.05, 0) is 32.1 Å². The molecule has 3 N–H and O–H groups in total. The number of rotatable bonds is 6. The van der Waals surface area contributed by atoms with Crippen LogP contribution < -0.4 is 10.5 Å². The van der Waals surface area contributed by atoms with Gasteiger partial charge in [-0.2, -0.15) is 0 Å². The predicted octanol–water partition coefficient (Wildman–Crippen LogP) is 1.27. The molecule has 20 heavy (non-hydrogen) atoms. The summed E-state index contributed by atoms with van der Waals surface area (Å²) in [4.78, 5) is 1.67. The number of nitrogens with zero attached hydrogens (tertiary/aromatic N) is 1. The molecule has 0 aliphatic heterocycles. The zero-order chi connectivity index (χ0) is 15.5. The molecule has 0 aliphatic rings. The van der Waals surface area contributed by atoms with Crippen molar-refractivity contribution >= 4 is 15.7 Å². The Kier molecular flexibility index (Phi) is 5.50. The number of nitrogen functional groups attached to an aromatic ring is 1. The van der Waals surface area contributed by atoms with Crippen LogP contribution in [0.1, 0.15) is 13.8 Å². The number of hydrogen-bond donors (Lipinski definition) is 2. The minimum Gasteiger partial charge on any atom is -0.395 e. The first kappa shape index (κ1) is 16.9. The van der Waals surface area contributed by atoms with E-state index in [2.05, 4.69) is 4.72 Å². The molecule has 0 aromatic heterocycles. The average molecular weight is 303 g/mol. The van der Waals surface area contributed by atoms with E-state index in [1.165, 1.54) is 12.1 Å².